The summed E-state index contributed by atoms with van der Waals surface area (Å²) in [4.78, 5) is 5.47. The third kappa shape index (κ3) is 2.46. The van der Waals surface area contributed by atoms with Crippen molar-refractivity contribution in [3.05, 3.63) is 35.9 Å². The van der Waals surface area contributed by atoms with Gasteiger partial charge in [-0.3, -0.25) is 9.80 Å². The van der Waals surface area contributed by atoms with Crippen LogP contribution in [-0.2, 0) is 6.54 Å². The first-order valence-electron chi connectivity index (χ1n) is 9.51. The number of fused-ring (bicyclic) bond motifs is 2. The molecule has 2 nitrogen and oxygen atoms in total. The van der Waals surface area contributed by atoms with E-state index >= 15 is 0 Å². The van der Waals surface area contributed by atoms with Crippen LogP contribution in [0.4, 0.5) is 0 Å². The molecule has 0 unspecified atom stereocenters. The monoisotopic (exact) mass is 312 g/mol. The van der Waals surface area contributed by atoms with E-state index in [9.17, 15) is 0 Å². The third-order valence-electron chi connectivity index (χ3n) is 7.84. The van der Waals surface area contributed by atoms with Crippen LogP contribution < -0.4 is 0 Å². The Bertz CT molecular complexity index is 544. The molecule has 23 heavy (non-hydrogen) atoms. The van der Waals surface area contributed by atoms with Gasteiger partial charge in [-0.1, -0.05) is 51.1 Å². The summed E-state index contributed by atoms with van der Waals surface area (Å²) in [7, 11) is 0. The molecule has 2 bridgehead atoms. The first-order chi connectivity index (χ1) is 11.0. The number of nitrogens with zero attached hydrogens (tertiary/aromatic N) is 2. The van der Waals surface area contributed by atoms with Crippen molar-refractivity contribution in [2.75, 3.05) is 26.2 Å². The molecule has 1 aromatic carbocycles. The summed E-state index contributed by atoms with van der Waals surface area (Å²) in [5.74, 6) is 0.958. The number of rotatable bonds is 3. The maximum Gasteiger partial charge on any atom is 0.0234 e. The van der Waals surface area contributed by atoms with Crippen LogP contribution in [0.1, 0.15) is 45.6 Å². The minimum Gasteiger partial charge on any atom is -0.297 e. The molecule has 2 aliphatic carbocycles. The second-order valence-corrected chi connectivity index (χ2v) is 8.92. The Hall–Kier alpha value is -0.860. The molecule has 0 aromatic heterocycles. The third-order valence-corrected chi connectivity index (χ3v) is 7.84. The predicted octanol–water partition coefficient (Wildman–Crippen LogP) is 4.02. The van der Waals surface area contributed by atoms with E-state index < -0.39 is 0 Å². The van der Waals surface area contributed by atoms with Gasteiger partial charge in [0.25, 0.3) is 0 Å². The second-order valence-electron chi connectivity index (χ2n) is 8.92. The zero-order chi connectivity index (χ0) is 16.1. The van der Waals surface area contributed by atoms with E-state index in [1.165, 1.54) is 51.0 Å². The van der Waals surface area contributed by atoms with Crippen LogP contribution in [-0.4, -0.2) is 42.0 Å². The molecule has 0 spiro atoms. The van der Waals surface area contributed by atoms with Gasteiger partial charge >= 0.3 is 0 Å². The summed E-state index contributed by atoms with van der Waals surface area (Å²) < 4.78 is 0. The predicted molar refractivity (Wildman–Crippen MR) is 96.3 cm³/mol. The number of hydrogen-bond acceptors (Lipinski definition) is 2. The van der Waals surface area contributed by atoms with Crippen molar-refractivity contribution >= 4 is 0 Å². The minimum atomic E-state index is 0.541. The molecule has 3 aliphatic rings. The number of benzene rings is 1. The quantitative estimate of drug-likeness (QED) is 0.832. The highest BCUT2D eigenvalue weighted by Crippen LogP contribution is 2.66. The highest BCUT2D eigenvalue weighted by molar-refractivity contribution is 5.15. The number of piperazine rings is 1. The summed E-state index contributed by atoms with van der Waals surface area (Å²) in [5.41, 5.74) is 2.53. The molecule has 126 valence electrons. The molecule has 3 fully saturated rings. The lowest BCUT2D eigenvalue weighted by Gasteiger charge is -2.47. The second kappa shape index (κ2) is 5.60. The molecule has 2 heteroatoms. The normalized spacial score (nSPS) is 37.3. The molecular weight excluding hydrogens is 280 g/mol. The van der Waals surface area contributed by atoms with E-state index in [2.05, 4.69) is 60.9 Å². The fourth-order valence-corrected chi connectivity index (χ4v) is 5.79. The van der Waals surface area contributed by atoms with Crippen molar-refractivity contribution in [2.24, 2.45) is 16.7 Å². The Morgan fingerprint density at radius 3 is 2.26 bits per heavy atom. The average molecular weight is 313 g/mol. The van der Waals surface area contributed by atoms with Gasteiger partial charge in [-0.05, 0) is 41.6 Å². The van der Waals surface area contributed by atoms with Crippen LogP contribution in [0.5, 0.6) is 0 Å². The Morgan fingerprint density at radius 1 is 1.00 bits per heavy atom. The van der Waals surface area contributed by atoms with Crippen molar-refractivity contribution in [2.45, 2.75) is 52.6 Å². The first kappa shape index (κ1) is 15.7. The van der Waals surface area contributed by atoms with Gasteiger partial charge in [0.15, 0.2) is 0 Å². The maximum absolute atomic E-state index is 2.84. The molecule has 4 rings (SSSR count). The van der Waals surface area contributed by atoms with Gasteiger partial charge in [0, 0.05) is 38.8 Å². The molecule has 1 aliphatic heterocycles. The molecule has 0 radical (unpaired) electrons. The van der Waals surface area contributed by atoms with E-state index in [-0.39, 0.29) is 0 Å². The lowest BCUT2D eigenvalue weighted by Crippen LogP contribution is -2.54. The van der Waals surface area contributed by atoms with Gasteiger partial charge in [0.1, 0.15) is 0 Å². The van der Waals surface area contributed by atoms with Gasteiger partial charge in [0.2, 0.25) is 0 Å². The van der Waals surface area contributed by atoms with Crippen LogP contribution >= 0.6 is 0 Å². The summed E-state index contributed by atoms with van der Waals surface area (Å²) in [5, 5.41) is 0. The fraction of sp³-hybridized carbons (Fsp3) is 0.714. The standard InChI is InChI=1S/C21H32N2/c1-20(2)18-9-10-21(20,3)19(15-18)23-13-11-22(12-14-23)16-17-7-5-4-6-8-17/h4-8,18-19H,9-16H2,1-3H3/t18-,19-,21+/m1/s1. The minimum absolute atomic E-state index is 0.541. The molecule has 2 saturated carbocycles. The van der Waals surface area contributed by atoms with Crippen LogP contribution in [0.3, 0.4) is 0 Å². The summed E-state index contributed by atoms with van der Waals surface area (Å²) >= 11 is 0. The zero-order valence-corrected chi connectivity index (χ0v) is 15.1. The van der Waals surface area contributed by atoms with Crippen molar-refractivity contribution in [3.63, 3.8) is 0 Å². The van der Waals surface area contributed by atoms with Crippen LogP contribution in [0.2, 0.25) is 0 Å². The molecule has 1 saturated heterocycles. The average Bonchev–Trinajstić information content (AvgIpc) is 2.90. The molecule has 1 heterocycles. The van der Waals surface area contributed by atoms with E-state index in [0.29, 0.717) is 10.8 Å². The maximum atomic E-state index is 2.84. The van der Waals surface area contributed by atoms with E-state index in [1.54, 1.807) is 0 Å². The smallest absolute Gasteiger partial charge is 0.0234 e. The van der Waals surface area contributed by atoms with Gasteiger partial charge in [0.05, 0.1) is 0 Å². The van der Waals surface area contributed by atoms with Crippen molar-refractivity contribution in [1.82, 2.24) is 9.80 Å². The van der Waals surface area contributed by atoms with Crippen molar-refractivity contribution in [1.29, 1.82) is 0 Å². The van der Waals surface area contributed by atoms with Crippen LogP contribution in [0, 0.1) is 16.7 Å². The highest BCUT2D eigenvalue weighted by atomic mass is 15.3. The Labute approximate surface area is 141 Å². The Morgan fingerprint density at radius 2 is 1.70 bits per heavy atom. The van der Waals surface area contributed by atoms with Crippen molar-refractivity contribution < 1.29 is 0 Å². The molecule has 3 atom stereocenters. The van der Waals surface area contributed by atoms with Crippen LogP contribution in [0.25, 0.3) is 0 Å². The lowest BCUT2D eigenvalue weighted by molar-refractivity contribution is 0.0113. The Kier molecular flexibility index (Phi) is 3.81. The Balaban J connectivity index is 1.37. The zero-order valence-electron chi connectivity index (χ0n) is 15.1. The van der Waals surface area contributed by atoms with Gasteiger partial charge in [-0.2, -0.15) is 0 Å². The first-order valence-corrected chi connectivity index (χ1v) is 9.51. The molecule has 0 N–H and O–H groups in total. The SMILES string of the molecule is CC1(C)[C@@H]2CC[C@@]1(C)[C@H](N1CCN(Cc3ccccc3)CC1)C2. The molecule has 1 aromatic rings. The van der Waals surface area contributed by atoms with E-state index in [1.807, 2.05) is 0 Å². The van der Waals surface area contributed by atoms with Gasteiger partial charge in [-0.15, -0.1) is 0 Å². The summed E-state index contributed by atoms with van der Waals surface area (Å²) in [6.45, 7) is 13.8. The van der Waals surface area contributed by atoms with E-state index in [4.69, 9.17) is 0 Å². The van der Waals surface area contributed by atoms with Crippen molar-refractivity contribution in [3.8, 4) is 0 Å². The highest BCUT2D eigenvalue weighted by Gasteiger charge is 2.62. The topological polar surface area (TPSA) is 6.48 Å². The lowest BCUT2D eigenvalue weighted by atomic mass is 9.68. The summed E-state index contributed by atoms with van der Waals surface area (Å²) in [6.07, 6.45) is 4.36. The number of hydrogen-bond donors (Lipinski definition) is 0. The van der Waals surface area contributed by atoms with Crippen LogP contribution in [0.15, 0.2) is 30.3 Å². The largest absolute Gasteiger partial charge is 0.297 e. The van der Waals surface area contributed by atoms with Gasteiger partial charge in [-0.25, -0.2) is 0 Å². The molecular formula is C21H32N2. The summed E-state index contributed by atoms with van der Waals surface area (Å²) in [6, 6.07) is 11.8. The fourth-order valence-electron chi connectivity index (χ4n) is 5.79. The van der Waals surface area contributed by atoms with E-state index in [0.717, 1.165) is 18.5 Å². The van der Waals surface area contributed by atoms with Gasteiger partial charge < -0.3 is 0 Å². The molecule has 0 amide bonds.